The molecule has 0 bridgehead atoms. The minimum absolute atomic E-state index is 0.234. The van der Waals surface area contributed by atoms with Crippen LogP contribution >= 0.6 is 0 Å². The average Bonchev–Trinajstić information content (AvgIpc) is 2.49. The number of anilines is 2. The summed E-state index contributed by atoms with van der Waals surface area (Å²) in [5.74, 6) is 0.391. The highest BCUT2D eigenvalue weighted by atomic mass is 16.1. The molecule has 0 radical (unpaired) electrons. The highest BCUT2D eigenvalue weighted by Crippen LogP contribution is 2.18. The molecule has 0 aliphatic carbocycles. The van der Waals surface area contributed by atoms with Gasteiger partial charge in [-0.15, -0.1) is 0 Å². The number of aromatic nitrogens is 1. The van der Waals surface area contributed by atoms with E-state index >= 15 is 0 Å². The van der Waals surface area contributed by atoms with Crippen molar-refractivity contribution >= 4 is 17.4 Å². The molecule has 0 atom stereocenters. The van der Waals surface area contributed by atoms with Gasteiger partial charge in [0.05, 0.1) is 11.6 Å². The third kappa shape index (κ3) is 2.93. The molecule has 0 saturated carbocycles. The lowest BCUT2D eigenvalue weighted by Crippen LogP contribution is -2.13. The molecule has 0 spiro atoms. The Balaban J connectivity index is 2.25. The third-order valence-corrected chi connectivity index (χ3v) is 2.89. The zero-order valence-corrected chi connectivity index (χ0v) is 11.3. The molecule has 2 rings (SSSR count). The molecule has 100 valence electrons. The van der Waals surface area contributed by atoms with Crippen molar-refractivity contribution in [2.45, 2.75) is 6.92 Å². The smallest absolute Gasteiger partial charge is 0.255 e. The van der Waals surface area contributed by atoms with Crippen molar-refractivity contribution in [3.8, 4) is 6.07 Å². The number of amides is 1. The first kappa shape index (κ1) is 13.6. The van der Waals surface area contributed by atoms with E-state index in [9.17, 15) is 4.79 Å². The molecular formula is C15H14N4O. The van der Waals surface area contributed by atoms with Gasteiger partial charge in [-0.25, -0.2) is 4.98 Å². The molecule has 1 amide bonds. The van der Waals surface area contributed by atoms with Crippen LogP contribution in [0.25, 0.3) is 0 Å². The molecule has 2 N–H and O–H groups in total. The summed E-state index contributed by atoms with van der Waals surface area (Å²) in [4.78, 5) is 16.2. The van der Waals surface area contributed by atoms with Crippen LogP contribution in [0.4, 0.5) is 11.5 Å². The third-order valence-electron chi connectivity index (χ3n) is 2.89. The number of nitrogens with zero attached hydrogens (tertiary/aromatic N) is 2. The van der Waals surface area contributed by atoms with Crippen molar-refractivity contribution in [1.29, 1.82) is 5.26 Å². The molecule has 0 unspecified atom stereocenters. The first-order chi connectivity index (χ1) is 9.63. The lowest BCUT2D eigenvalue weighted by Gasteiger charge is -2.09. The normalized spacial score (nSPS) is 9.65. The van der Waals surface area contributed by atoms with Crippen molar-refractivity contribution in [3.05, 3.63) is 53.2 Å². The van der Waals surface area contributed by atoms with Crippen LogP contribution in [0.3, 0.4) is 0 Å². The van der Waals surface area contributed by atoms with Crippen LogP contribution in [0.2, 0.25) is 0 Å². The quantitative estimate of drug-likeness (QED) is 0.895. The van der Waals surface area contributed by atoms with Gasteiger partial charge < -0.3 is 10.6 Å². The fourth-order valence-electron chi connectivity index (χ4n) is 1.73. The zero-order valence-electron chi connectivity index (χ0n) is 11.3. The minimum Gasteiger partial charge on any atom is -0.373 e. The Bertz CT molecular complexity index is 689. The number of carbonyl (C=O) groups is 1. The molecule has 1 aromatic heterocycles. The number of benzene rings is 1. The van der Waals surface area contributed by atoms with Gasteiger partial charge in [0.15, 0.2) is 0 Å². The topological polar surface area (TPSA) is 77.8 Å². The molecular weight excluding hydrogens is 252 g/mol. The zero-order chi connectivity index (χ0) is 14.5. The number of hydrogen-bond acceptors (Lipinski definition) is 4. The summed E-state index contributed by atoms with van der Waals surface area (Å²) < 4.78 is 0. The predicted molar refractivity (Wildman–Crippen MR) is 77.6 cm³/mol. The van der Waals surface area contributed by atoms with Crippen LogP contribution in [-0.2, 0) is 0 Å². The molecule has 2 aromatic rings. The van der Waals surface area contributed by atoms with E-state index < -0.39 is 0 Å². The number of nitriles is 1. The van der Waals surface area contributed by atoms with E-state index in [0.29, 0.717) is 22.6 Å². The van der Waals surface area contributed by atoms with E-state index in [1.165, 1.54) is 0 Å². The van der Waals surface area contributed by atoms with E-state index in [0.717, 1.165) is 5.56 Å². The lowest BCUT2D eigenvalue weighted by atomic mass is 10.1. The summed E-state index contributed by atoms with van der Waals surface area (Å²) in [6, 6.07) is 10.5. The van der Waals surface area contributed by atoms with E-state index in [2.05, 4.69) is 21.7 Å². The average molecular weight is 266 g/mol. The Kier molecular flexibility index (Phi) is 3.96. The summed E-state index contributed by atoms with van der Waals surface area (Å²) in [6.45, 7) is 1.88. The largest absolute Gasteiger partial charge is 0.373 e. The molecule has 1 heterocycles. The van der Waals surface area contributed by atoms with E-state index in [1.54, 1.807) is 43.6 Å². The van der Waals surface area contributed by atoms with Crippen molar-refractivity contribution < 1.29 is 4.79 Å². The van der Waals surface area contributed by atoms with Crippen LogP contribution in [0, 0.1) is 18.3 Å². The molecule has 0 aliphatic heterocycles. The van der Waals surface area contributed by atoms with Crippen molar-refractivity contribution in [1.82, 2.24) is 4.98 Å². The number of nitrogens with one attached hydrogen (secondary N) is 2. The maximum Gasteiger partial charge on any atom is 0.255 e. The van der Waals surface area contributed by atoms with Crippen molar-refractivity contribution in [3.63, 3.8) is 0 Å². The fourth-order valence-corrected chi connectivity index (χ4v) is 1.73. The first-order valence-corrected chi connectivity index (χ1v) is 6.10. The van der Waals surface area contributed by atoms with Gasteiger partial charge in [0.1, 0.15) is 5.82 Å². The van der Waals surface area contributed by atoms with E-state index in [1.807, 2.05) is 6.92 Å². The van der Waals surface area contributed by atoms with Crippen LogP contribution in [-0.4, -0.2) is 17.9 Å². The number of pyridine rings is 1. The Labute approximate surface area is 117 Å². The van der Waals surface area contributed by atoms with Crippen molar-refractivity contribution in [2.24, 2.45) is 0 Å². The SMILES string of the molecule is CNc1cc(C(=O)Nc2cc(C#N)ccc2C)ccn1. The van der Waals surface area contributed by atoms with Crippen LogP contribution in [0.15, 0.2) is 36.5 Å². The van der Waals surface area contributed by atoms with Crippen LogP contribution in [0.1, 0.15) is 21.5 Å². The Hall–Kier alpha value is -2.87. The fraction of sp³-hybridized carbons (Fsp3) is 0.133. The number of rotatable bonds is 3. The van der Waals surface area contributed by atoms with Crippen LogP contribution in [0.5, 0.6) is 0 Å². The molecule has 1 aromatic carbocycles. The Morgan fingerprint density at radius 1 is 1.30 bits per heavy atom. The van der Waals surface area contributed by atoms with E-state index in [-0.39, 0.29) is 5.91 Å². The first-order valence-electron chi connectivity index (χ1n) is 6.10. The van der Waals surface area contributed by atoms with Gasteiger partial charge in [0.2, 0.25) is 0 Å². The minimum atomic E-state index is -0.234. The second-order valence-electron chi connectivity index (χ2n) is 4.28. The standard InChI is InChI=1S/C15H14N4O/c1-10-3-4-11(9-16)7-13(10)19-15(20)12-5-6-18-14(8-12)17-2/h3-8H,1-2H3,(H,17,18)(H,19,20). The summed E-state index contributed by atoms with van der Waals surface area (Å²) >= 11 is 0. The highest BCUT2D eigenvalue weighted by molar-refractivity contribution is 6.05. The van der Waals surface area contributed by atoms with Gasteiger partial charge in [-0.05, 0) is 36.8 Å². The van der Waals surface area contributed by atoms with Crippen LogP contribution < -0.4 is 10.6 Å². The van der Waals surface area contributed by atoms with Gasteiger partial charge in [0.25, 0.3) is 5.91 Å². The maximum atomic E-state index is 12.2. The summed E-state index contributed by atoms with van der Waals surface area (Å²) in [7, 11) is 1.74. The molecule has 5 nitrogen and oxygen atoms in total. The lowest BCUT2D eigenvalue weighted by molar-refractivity contribution is 0.102. The molecule has 5 heteroatoms. The van der Waals surface area contributed by atoms with Gasteiger partial charge >= 0.3 is 0 Å². The number of hydrogen-bond donors (Lipinski definition) is 2. The van der Waals surface area contributed by atoms with E-state index in [4.69, 9.17) is 5.26 Å². The van der Waals surface area contributed by atoms with Gasteiger partial charge in [-0.1, -0.05) is 6.07 Å². The van der Waals surface area contributed by atoms with Gasteiger partial charge in [-0.2, -0.15) is 5.26 Å². The Morgan fingerprint density at radius 3 is 2.80 bits per heavy atom. The van der Waals surface area contributed by atoms with Crippen molar-refractivity contribution in [2.75, 3.05) is 17.7 Å². The summed E-state index contributed by atoms with van der Waals surface area (Å²) in [5.41, 5.74) is 2.56. The summed E-state index contributed by atoms with van der Waals surface area (Å²) in [5, 5.41) is 14.6. The second-order valence-corrected chi connectivity index (χ2v) is 4.28. The summed E-state index contributed by atoms with van der Waals surface area (Å²) in [6.07, 6.45) is 1.57. The molecule has 0 aliphatic rings. The highest BCUT2D eigenvalue weighted by Gasteiger charge is 2.09. The maximum absolute atomic E-state index is 12.2. The number of aryl methyl sites for hydroxylation is 1. The monoisotopic (exact) mass is 266 g/mol. The Morgan fingerprint density at radius 2 is 2.10 bits per heavy atom. The molecule has 0 fully saturated rings. The van der Waals surface area contributed by atoms with Gasteiger partial charge in [-0.3, -0.25) is 4.79 Å². The molecule has 0 saturated heterocycles. The second kappa shape index (κ2) is 5.85. The van der Waals surface area contributed by atoms with Gasteiger partial charge in [0, 0.05) is 24.5 Å². The predicted octanol–water partition coefficient (Wildman–Crippen LogP) is 2.56. The molecule has 20 heavy (non-hydrogen) atoms. The number of carbonyl (C=O) groups excluding carboxylic acids is 1.